The van der Waals surface area contributed by atoms with Crippen LogP contribution in [0.4, 0.5) is 0 Å². The summed E-state index contributed by atoms with van der Waals surface area (Å²) in [4.78, 5) is 0. The van der Waals surface area contributed by atoms with Crippen molar-refractivity contribution in [2.45, 2.75) is 18.4 Å². The normalized spacial score (nSPS) is 20.1. The first-order valence-corrected chi connectivity index (χ1v) is 4.94. The topological polar surface area (TPSA) is 47.9 Å². The van der Waals surface area contributed by atoms with Gasteiger partial charge in [-0.05, 0) is 25.0 Å². The molecular formula is C11H12O4. The standard InChI is InChI=1S/C11H12O4/c1-13-7-2-3-8-10(15-6-14-8)9(7)11(12)4-5-11/h2-3,12H,4-6H2,1H3. The van der Waals surface area contributed by atoms with E-state index in [9.17, 15) is 5.11 Å². The zero-order chi connectivity index (χ0) is 10.5. The minimum atomic E-state index is -0.773. The molecule has 0 spiro atoms. The number of methoxy groups -OCH3 is 1. The van der Waals surface area contributed by atoms with Crippen LogP contribution in [0.2, 0.25) is 0 Å². The first-order chi connectivity index (χ1) is 7.24. The quantitative estimate of drug-likeness (QED) is 0.798. The van der Waals surface area contributed by atoms with Gasteiger partial charge in [0.05, 0.1) is 18.3 Å². The third-order valence-electron chi connectivity index (χ3n) is 2.91. The minimum Gasteiger partial charge on any atom is -0.496 e. The Morgan fingerprint density at radius 1 is 1.33 bits per heavy atom. The van der Waals surface area contributed by atoms with Crippen molar-refractivity contribution in [1.82, 2.24) is 0 Å². The summed E-state index contributed by atoms with van der Waals surface area (Å²) < 4.78 is 15.9. The molecule has 1 fully saturated rings. The van der Waals surface area contributed by atoms with Gasteiger partial charge in [-0.25, -0.2) is 0 Å². The van der Waals surface area contributed by atoms with Crippen LogP contribution in [0.5, 0.6) is 17.2 Å². The van der Waals surface area contributed by atoms with Gasteiger partial charge in [0.1, 0.15) is 5.75 Å². The molecule has 0 unspecified atom stereocenters. The van der Waals surface area contributed by atoms with Gasteiger partial charge in [0.25, 0.3) is 0 Å². The Morgan fingerprint density at radius 2 is 2.13 bits per heavy atom. The molecule has 0 atom stereocenters. The van der Waals surface area contributed by atoms with Gasteiger partial charge >= 0.3 is 0 Å². The second-order valence-corrected chi connectivity index (χ2v) is 3.91. The predicted molar refractivity (Wildman–Crippen MR) is 52.2 cm³/mol. The minimum absolute atomic E-state index is 0.214. The fourth-order valence-corrected chi connectivity index (χ4v) is 1.93. The van der Waals surface area contributed by atoms with Crippen molar-refractivity contribution >= 4 is 0 Å². The summed E-state index contributed by atoms with van der Waals surface area (Å²) in [6.45, 7) is 0.214. The number of hydrogen-bond acceptors (Lipinski definition) is 4. The first kappa shape index (κ1) is 8.85. The van der Waals surface area contributed by atoms with Gasteiger partial charge < -0.3 is 19.3 Å². The Hall–Kier alpha value is -1.42. The largest absolute Gasteiger partial charge is 0.496 e. The predicted octanol–water partition coefficient (Wildman–Crippen LogP) is 1.41. The highest BCUT2D eigenvalue weighted by molar-refractivity contribution is 5.58. The number of hydrogen-bond donors (Lipinski definition) is 1. The van der Waals surface area contributed by atoms with Gasteiger partial charge in [0.15, 0.2) is 11.5 Å². The van der Waals surface area contributed by atoms with Crippen LogP contribution in [0.25, 0.3) is 0 Å². The Labute approximate surface area is 87.4 Å². The van der Waals surface area contributed by atoms with Gasteiger partial charge in [0.2, 0.25) is 6.79 Å². The van der Waals surface area contributed by atoms with E-state index >= 15 is 0 Å². The fraction of sp³-hybridized carbons (Fsp3) is 0.455. The van der Waals surface area contributed by atoms with Crippen LogP contribution in [0.3, 0.4) is 0 Å². The van der Waals surface area contributed by atoms with Crippen molar-refractivity contribution in [2.75, 3.05) is 13.9 Å². The van der Waals surface area contributed by atoms with Crippen LogP contribution >= 0.6 is 0 Å². The van der Waals surface area contributed by atoms with Crippen molar-refractivity contribution in [3.63, 3.8) is 0 Å². The molecule has 0 aromatic heterocycles. The van der Waals surface area contributed by atoms with Crippen molar-refractivity contribution in [3.8, 4) is 17.2 Å². The molecule has 1 N–H and O–H groups in total. The summed E-state index contributed by atoms with van der Waals surface area (Å²) in [5.74, 6) is 1.99. The third-order valence-corrected chi connectivity index (χ3v) is 2.91. The lowest BCUT2D eigenvalue weighted by molar-refractivity contribution is 0.136. The summed E-state index contributed by atoms with van der Waals surface area (Å²) in [6.07, 6.45) is 1.51. The molecule has 15 heavy (non-hydrogen) atoms. The Kier molecular flexibility index (Phi) is 1.65. The Balaban J connectivity index is 2.19. The van der Waals surface area contributed by atoms with Crippen LogP contribution in [-0.2, 0) is 5.60 Å². The van der Waals surface area contributed by atoms with E-state index in [0.29, 0.717) is 17.2 Å². The van der Waals surface area contributed by atoms with Crippen LogP contribution < -0.4 is 14.2 Å². The molecule has 1 aromatic carbocycles. The highest BCUT2D eigenvalue weighted by Crippen LogP contribution is 2.55. The van der Waals surface area contributed by atoms with E-state index in [1.54, 1.807) is 19.2 Å². The van der Waals surface area contributed by atoms with E-state index < -0.39 is 5.60 Å². The molecule has 2 aliphatic rings. The molecule has 1 aliphatic carbocycles. The fourth-order valence-electron chi connectivity index (χ4n) is 1.93. The molecule has 0 bridgehead atoms. The molecule has 3 rings (SSSR count). The molecular weight excluding hydrogens is 196 g/mol. The molecule has 1 saturated carbocycles. The van der Waals surface area contributed by atoms with E-state index in [1.165, 1.54) is 0 Å². The van der Waals surface area contributed by atoms with E-state index in [0.717, 1.165) is 18.4 Å². The maximum atomic E-state index is 10.2. The number of aliphatic hydroxyl groups is 1. The van der Waals surface area contributed by atoms with E-state index in [1.807, 2.05) is 0 Å². The molecule has 1 heterocycles. The molecule has 1 aromatic rings. The summed E-state index contributed by atoms with van der Waals surface area (Å²) >= 11 is 0. The Morgan fingerprint density at radius 3 is 2.80 bits per heavy atom. The third kappa shape index (κ3) is 1.18. The van der Waals surface area contributed by atoms with Gasteiger partial charge in [-0.3, -0.25) is 0 Å². The summed E-state index contributed by atoms with van der Waals surface area (Å²) in [5.41, 5.74) is -0.0373. The lowest BCUT2D eigenvalue weighted by atomic mass is 10.0. The molecule has 4 heteroatoms. The molecule has 80 valence electrons. The molecule has 0 radical (unpaired) electrons. The van der Waals surface area contributed by atoms with Crippen LogP contribution in [0.15, 0.2) is 12.1 Å². The molecule has 0 saturated heterocycles. The molecule has 0 amide bonds. The number of fused-ring (bicyclic) bond motifs is 1. The Bertz CT molecular complexity index is 409. The van der Waals surface area contributed by atoms with E-state index in [2.05, 4.69) is 0 Å². The smallest absolute Gasteiger partial charge is 0.231 e. The monoisotopic (exact) mass is 208 g/mol. The average Bonchev–Trinajstić information content (AvgIpc) is 2.82. The lowest BCUT2D eigenvalue weighted by Crippen LogP contribution is -2.08. The van der Waals surface area contributed by atoms with Gasteiger partial charge in [-0.1, -0.05) is 0 Å². The summed E-state index contributed by atoms with van der Waals surface area (Å²) in [5, 5.41) is 10.2. The van der Waals surface area contributed by atoms with Crippen LogP contribution in [0.1, 0.15) is 18.4 Å². The van der Waals surface area contributed by atoms with Crippen molar-refractivity contribution in [1.29, 1.82) is 0 Å². The first-order valence-electron chi connectivity index (χ1n) is 4.94. The lowest BCUT2D eigenvalue weighted by Gasteiger charge is -2.15. The van der Waals surface area contributed by atoms with Crippen molar-refractivity contribution in [2.24, 2.45) is 0 Å². The zero-order valence-corrected chi connectivity index (χ0v) is 8.45. The summed E-state index contributed by atoms with van der Waals surface area (Å²) in [7, 11) is 1.59. The van der Waals surface area contributed by atoms with Crippen LogP contribution in [0, 0.1) is 0 Å². The average molecular weight is 208 g/mol. The van der Waals surface area contributed by atoms with E-state index in [-0.39, 0.29) is 6.79 Å². The van der Waals surface area contributed by atoms with Gasteiger partial charge in [-0.2, -0.15) is 0 Å². The SMILES string of the molecule is COc1ccc2c(c1C1(O)CC1)OCO2. The van der Waals surface area contributed by atoms with Crippen molar-refractivity contribution in [3.05, 3.63) is 17.7 Å². The molecule has 4 nitrogen and oxygen atoms in total. The van der Waals surface area contributed by atoms with Gasteiger partial charge in [0, 0.05) is 0 Å². The van der Waals surface area contributed by atoms with E-state index in [4.69, 9.17) is 14.2 Å². The molecule has 1 aliphatic heterocycles. The number of rotatable bonds is 2. The highest BCUT2D eigenvalue weighted by atomic mass is 16.7. The van der Waals surface area contributed by atoms with Crippen molar-refractivity contribution < 1.29 is 19.3 Å². The van der Waals surface area contributed by atoms with Crippen LogP contribution in [-0.4, -0.2) is 19.0 Å². The highest BCUT2D eigenvalue weighted by Gasteiger charge is 2.48. The second kappa shape index (κ2) is 2.79. The maximum Gasteiger partial charge on any atom is 0.231 e. The maximum absolute atomic E-state index is 10.2. The number of benzene rings is 1. The second-order valence-electron chi connectivity index (χ2n) is 3.91. The zero-order valence-electron chi connectivity index (χ0n) is 8.45. The van der Waals surface area contributed by atoms with Gasteiger partial charge in [-0.15, -0.1) is 0 Å². The number of ether oxygens (including phenoxy) is 3. The summed E-state index contributed by atoms with van der Waals surface area (Å²) in [6, 6.07) is 3.61.